The van der Waals surface area contributed by atoms with Crippen LogP contribution in [0.15, 0.2) is 0 Å². The normalized spacial score (nSPS) is 36.5. The lowest BCUT2D eigenvalue weighted by Gasteiger charge is -2.48. The van der Waals surface area contributed by atoms with Crippen molar-refractivity contribution in [3.63, 3.8) is 0 Å². The fourth-order valence-corrected chi connectivity index (χ4v) is 4.74. The zero-order valence-electron chi connectivity index (χ0n) is 11.5. The van der Waals surface area contributed by atoms with Gasteiger partial charge in [0.15, 0.2) is 0 Å². The molecule has 0 aromatic carbocycles. The predicted octanol–water partition coefficient (Wildman–Crippen LogP) is 2.72. The summed E-state index contributed by atoms with van der Waals surface area (Å²) in [6.45, 7) is 5.77. The molecule has 2 atom stereocenters. The van der Waals surface area contributed by atoms with Crippen molar-refractivity contribution in [1.82, 2.24) is 4.90 Å². The first kappa shape index (κ1) is 13.7. The monoisotopic (exact) mass is 256 g/mol. The zero-order chi connectivity index (χ0) is 12.3. The minimum atomic E-state index is 0.359. The van der Waals surface area contributed by atoms with E-state index in [1.54, 1.807) is 0 Å². The van der Waals surface area contributed by atoms with Crippen LogP contribution in [0.5, 0.6) is 0 Å². The standard InChI is InChI=1S/C14H28N2S/c1-3-12-5-4-8-14(12,11-15)16-9-6-13(17-2)7-10-16/h12-13H,3-11,15H2,1-2H3. The molecule has 2 rings (SSSR count). The van der Waals surface area contributed by atoms with Gasteiger partial charge in [0.25, 0.3) is 0 Å². The van der Waals surface area contributed by atoms with Crippen molar-refractivity contribution >= 4 is 11.8 Å². The fourth-order valence-electron chi connectivity index (χ4n) is 4.06. The van der Waals surface area contributed by atoms with E-state index in [4.69, 9.17) is 5.73 Å². The lowest BCUT2D eigenvalue weighted by Crippen LogP contribution is -2.58. The molecule has 0 amide bonds. The maximum atomic E-state index is 6.19. The molecule has 0 radical (unpaired) electrons. The summed E-state index contributed by atoms with van der Waals surface area (Å²) in [5.74, 6) is 0.846. The summed E-state index contributed by atoms with van der Waals surface area (Å²) in [6.07, 6.45) is 10.4. The van der Waals surface area contributed by atoms with Crippen molar-refractivity contribution in [2.75, 3.05) is 25.9 Å². The van der Waals surface area contributed by atoms with E-state index in [1.165, 1.54) is 51.6 Å². The largest absolute Gasteiger partial charge is 0.329 e. The van der Waals surface area contributed by atoms with Crippen molar-refractivity contribution < 1.29 is 0 Å². The van der Waals surface area contributed by atoms with Gasteiger partial charge >= 0.3 is 0 Å². The quantitative estimate of drug-likeness (QED) is 0.838. The highest BCUT2D eigenvalue weighted by Gasteiger charge is 2.45. The third kappa shape index (κ3) is 2.52. The Morgan fingerprint density at radius 3 is 2.53 bits per heavy atom. The second-order valence-electron chi connectivity index (χ2n) is 5.73. The average Bonchev–Trinajstić information content (AvgIpc) is 2.83. The van der Waals surface area contributed by atoms with Crippen LogP contribution in [0, 0.1) is 5.92 Å². The number of likely N-dealkylation sites (tertiary alicyclic amines) is 1. The Kier molecular flexibility index (Phi) is 4.79. The number of nitrogens with zero attached hydrogens (tertiary/aromatic N) is 1. The van der Waals surface area contributed by atoms with Crippen LogP contribution in [0.4, 0.5) is 0 Å². The molecule has 0 aromatic heterocycles. The van der Waals surface area contributed by atoms with Gasteiger partial charge in [-0.15, -0.1) is 0 Å². The van der Waals surface area contributed by atoms with Crippen molar-refractivity contribution in [3.05, 3.63) is 0 Å². The lowest BCUT2D eigenvalue weighted by molar-refractivity contribution is 0.0401. The second kappa shape index (κ2) is 5.94. The van der Waals surface area contributed by atoms with Gasteiger partial charge < -0.3 is 5.73 Å². The molecular formula is C14H28N2S. The van der Waals surface area contributed by atoms with Crippen molar-refractivity contribution in [2.45, 2.75) is 56.2 Å². The van der Waals surface area contributed by atoms with E-state index in [0.29, 0.717) is 5.54 Å². The number of rotatable bonds is 4. The van der Waals surface area contributed by atoms with Crippen LogP contribution in [0.2, 0.25) is 0 Å². The molecule has 2 N–H and O–H groups in total. The molecule has 100 valence electrons. The topological polar surface area (TPSA) is 29.3 Å². The number of hydrogen-bond acceptors (Lipinski definition) is 3. The molecule has 1 saturated heterocycles. The Morgan fingerprint density at radius 2 is 2.00 bits per heavy atom. The van der Waals surface area contributed by atoms with Crippen LogP contribution in [0.3, 0.4) is 0 Å². The van der Waals surface area contributed by atoms with E-state index in [1.807, 2.05) is 11.8 Å². The zero-order valence-corrected chi connectivity index (χ0v) is 12.3. The van der Waals surface area contributed by atoms with Crippen molar-refractivity contribution in [1.29, 1.82) is 0 Å². The Morgan fingerprint density at radius 1 is 1.29 bits per heavy atom. The van der Waals surface area contributed by atoms with Crippen molar-refractivity contribution in [2.24, 2.45) is 11.7 Å². The molecule has 1 saturated carbocycles. The van der Waals surface area contributed by atoms with Gasteiger partial charge in [-0.05, 0) is 50.9 Å². The fraction of sp³-hybridized carbons (Fsp3) is 1.00. The van der Waals surface area contributed by atoms with E-state index < -0.39 is 0 Å². The maximum Gasteiger partial charge on any atom is 0.0359 e. The van der Waals surface area contributed by atoms with E-state index in [9.17, 15) is 0 Å². The van der Waals surface area contributed by atoms with Crippen molar-refractivity contribution in [3.8, 4) is 0 Å². The molecule has 1 aliphatic carbocycles. The van der Waals surface area contributed by atoms with Gasteiger partial charge in [0.2, 0.25) is 0 Å². The average molecular weight is 256 g/mol. The number of nitrogens with two attached hydrogens (primary N) is 1. The van der Waals surface area contributed by atoms with Gasteiger partial charge in [-0.2, -0.15) is 11.8 Å². The number of piperidine rings is 1. The summed E-state index contributed by atoms with van der Waals surface area (Å²) in [7, 11) is 0. The molecule has 2 aliphatic rings. The highest BCUT2D eigenvalue weighted by molar-refractivity contribution is 7.99. The van der Waals surface area contributed by atoms with Crippen LogP contribution < -0.4 is 5.73 Å². The molecule has 0 bridgehead atoms. The summed E-state index contributed by atoms with van der Waals surface area (Å²) in [5.41, 5.74) is 6.55. The summed E-state index contributed by atoms with van der Waals surface area (Å²) < 4.78 is 0. The first-order chi connectivity index (χ1) is 8.26. The van der Waals surface area contributed by atoms with Crippen LogP contribution >= 0.6 is 11.8 Å². The molecule has 2 nitrogen and oxygen atoms in total. The molecule has 1 aliphatic heterocycles. The molecular weight excluding hydrogens is 228 g/mol. The molecule has 2 unspecified atom stereocenters. The summed E-state index contributed by atoms with van der Waals surface area (Å²) in [6, 6.07) is 0. The van der Waals surface area contributed by atoms with Gasteiger partial charge in [-0.3, -0.25) is 4.90 Å². The summed E-state index contributed by atoms with van der Waals surface area (Å²) >= 11 is 2.05. The summed E-state index contributed by atoms with van der Waals surface area (Å²) in [4.78, 5) is 2.75. The van der Waals surface area contributed by atoms with Gasteiger partial charge in [-0.1, -0.05) is 19.8 Å². The molecule has 0 spiro atoms. The molecule has 1 heterocycles. The van der Waals surface area contributed by atoms with E-state index >= 15 is 0 Å². The van der Waals surface area contributed by atoms with E-state index in [2.05, 4.69) is 18.1 Å². The number of thioether (sulfide) groups is 1. The molecule has 17 heavy (non-hydrogen) atoms. The second-order valence-corrected chi connectivity index (χ2v) is 6.87. The van der Waals surface area contributed by atoms with Gasteiger partial charge in [-0.25, -0.2) is 0 Å². The Balaban J connectivity index is 2.03. The van der Waals surface area contributed by atoms with Crippen LogP contribution in [0.1, 0.15) is 45.4 Å². The Labute approximate surface area is 111 Å². The maximum absolute atomic E-state index is 6.19. The predicted molar refractivity (Wildman–Crippen MR) is 77.5 cm³/mol. The minimum absolute atomic E-state index is 0.359. The van der Waals surface area contributed by atoms with Gasteiger partial charge in [0, 0.05) is 17.3 Å². The third-order valence-electron chi connectivity index (χ3n) is 5.17. The third-order valence-corrected chi connectivity index (χ3v) is 6.31. The van der Waals surface area contributed by atoms with Gasteiger partial charge in [0.1, 0.15) is 0 Å². The Bertz CT molecular complexity index is 238. The van der Waals surface area contributed by atoms with E-state index in [0.717, 1.165) is 17.7 Å². The first-order valence-electron chi connectivity index (χ1n) is 7.24. The number of hydrogen-bond donors (Lipinski definition) is 1. The van der Waals surface area contributed by atoms with Gasteiger partial charge in [0.05, 0.1) is 0 Å². The van der Waals surface area contributed by atoms with Crippen LogP contribution in [-0.4, -0.2) is 41.6 Å². The highest BCUT2D eigenvalue weighted by Crippen LogP contribution is 2.43. The first-order valence-corrected chi connectivity index (χ1v) is 8.53. The van der Waals surface area contributed by atoms with Crippen LogP contribution in [-0.2, 0) is 0 Å². The molecule has 0 aromatic rings. The summed E-state index contributed by atoms with van der Waals surface area (Å²) in [5, 5.41) is 0.891. The highest BCUT2D eigenvalue weighted by atomic mass is 32.2. The smallest absolute Gasteiger partial charge is 0.0359 e. The lowest BCUT2D eigenvalue weighted by atomic mass is 9.82. The SMILES string of the molecule is CCC1CCCC1(CN)N1CCC(SC)CC1. The van der Waals surface area contributed by atoms with E-state index in [-0.39, 0.29) is 0 Å². The Hall–Kier alpha value is 0.270. The molecule has 3 heteroatoms. The molecule has 2 fully saturated rings. The van der Waals surface area contributed by atoms with Crippen LogP contribution in [0.25, 0.3) is 0 Å². The minimum Gasteiger partial charge on any atom is -0.329 e.